The Hall–Kier alpha value is -0.910. The molecule has 2 N–H and O–H groups in total. The summed E-state index contributed by atoms with van der Waals surface area (Å²) in [6.07, 6.45) is 4.05. The van der Waals surface area contributed by atoms with Gasteiger partial charge in [-0.3, -0.25) is 14.7 Å². The molecule has 0 aromatic heterocycles. The Bertz CT molecular complexity index is 460. The molecule has 3 atom stereocenters. The largest absolute Gasteiger partial charge is 0.330 e. The van der Waals surface area contributed by atoms with E-state index < -0.39 is 19.7 Å². The van der Waals surface area contributed by atoms with Gasteiger partial charge in [0.25, 0.3) is 5.91 Å². The van der Waals surface area contributed by atoms with Crippen LogP contribution in [0.2, 0.25) is 0 Å². The van der Waals surface area contributed by atoms with E-state index in [4.69, 9.17) is 9.05 Å². The number of hydrogen-bond acceptors (Lipinski definition) is 5. The van der Waals surface area contributed by atoms with Gasteiger partial charge in [-0.05, 0) is 38.5 Å². The minimum absolute atomic E-state index is 0.0190. The molecule has 22 heavy (non-hydrogen) atoms. The first-order valence-corrected chi connectivity index (χ1v) is 9.71. The van der Waals surface area contributed by atoms with E-state index in [2.05, 4.69) is 10.6 Å². The molecule has 2 aliphatic rings. The number of imide groups is 1. The molecule has 2 rings (SSSR count). The highest BCUT2D eigenvalue weighted by atomic mass is 31.2. The minimum Gasteiger partial charge on any atom is -0.326 e. The molecule has 0 unspecified atom stereocenters. The fourth-order valence-electron chi connectivity index (χ4n) is 3.46. The van der Waals surface area contributed by atoms with E-state index >= 15 is 0 Å². The Morgan fingerprint density at radius 1 is 1.14 bits per heavy atom. The average molecular weight is 332 g/mol. The van der Waals surface area contributed by atoms with Crippen LogP contribution in [0, 0.1) is 11.8 Å². The van der Waals surface area contributed by atoms with Crippen molar-refractivity contribution in [3.05, 3.63) is 0 Å². The molecule has 0 aromatic carbocycles. The molecule has 0 aromatic rings. The van der Waals surface area contributed by atoms with Crippen LogP contribution in [-0.2, 0) is 18.4 Å². The Kier molecular flexibility index (Phi) is 6.01. The Labute approximate surface area is 131 Å². The van der Waals surface area contributed by atoms with Crippen LogP contribution in [0.15, 0.2) is 0 Å². The molecule has 0 spiro atoms. The summed E-state index contributed by atoms with van der Waals surface area (Å²) in [4.78, 5) is 23.3. The van der Waals surface area contributed by atoms with Crippen molar-refractivity contribution in [2.24, 2.45) is 11.8 Å². The second kappa shape index (κ2) is 7.57. The third kappa shape index (κ3) is 4.09. The molecule has 0 bridgehead atoms. The van der Waals surface area contributed by atoms with Gasteiger partial charge in [-0.25, -0.2) is 4.79 Å². The standard InChI is InChI=1S/C14H25N2O5P/c1-3-20-22(19,21-4-2)9-10-7-5-6-8-11(10)12-13(17)16-14(18)15-12/h10-12H,3-9H2,1-2H3,(H2,15,16,17,18)/t10-,11-,12+/m1/s1. The van der Waals surface area contributed by atoms with Gasteiger partial charge < -0.3 is 14.4 Å². The average Bonchev–Trinajstić information content (AvgIpc) is 2.78. The van der Waals surface area contributed by atoms with Gasteiger partial charge in [0.15, 0.2) is 0 Å². The summed E-state index contributed by atoms with van der Waals surface area (Å²) in [5, 5.41) is 4.96. The SMILES string of the molecule is CCOP(=O)(C[C@H]1CCCC[C@H]1[C@@H]1NC(=O)NC1=O)OCC. The van der Waals surface area contributed by atoms with E-state index in [1.807, 2.05) is 0 Å². The van der Waals surface area contributed by atoms with Gasteiger partial charge in [0.05, 0.1) is 19.4 Å². The van der Waals surface area contributed by atoms with Crippen molar-refractivity contribution in [3.63, 3.8) is 0 Å². The van der Waals surface area contributed by atoms with Crippen LogP contribution in [0.3, 0.4) is 0 Å². The van der Waals surface area contributed by atoms with E-state index in [-0.39, 0.29) is 17.7 Å². The number of hydrogen-bond donors (Lipinski definition) is 2. The van der Waals surface area contributed by atoms with Crippen LogP contribution in [0.4, 0.5) is 4.79 Å². The molecule has 1 saturated heterocycles. The van der Waals surface area contributed by atoms with Crippen molar-refractivity contribution in [2.75, 3.05) is 19.4 Å². The molecule has 126 valence electrons. The molecule has 1 aliphatic carbocycles. The maximum Gasteiger partial charge on any atom is 0.330 e. The molecule has 7 nitrogen and oxygen atoms in total. The number of nitrogens with one attached hydrogen (secondary N) is 2. The van der Waals surface area contributed by atoms with Crippen LogP contribution in [-0.4, -0.2) is 37.4 Å². The first-order valence-electron chi connectivity index (χ1n) is 7.98. The Balaban J connectivity index is 2.10. The molecular formula is C14H25N2O5P. The summed E-state index contributed by atoms with van der Waals surface area (Å²) in [5.41, 5.74) is 0. The third-order valence-corrected chi connectivity index (χ3v) is 6.53. The van der Waals surface area contributed by atoms with Crippen LogP contribution in [0.5, 0.6) is 0 Å². The summed E-state index contributed by atoms with van der Waals surface area (Å²) >= 11 is 0. The fraction of sp³-hybridized carbons (Fsp3) is 0.857. The molecule has 0 radical (unpaired) electrons. The maximum atomic E-state index is 12.8. The quantitative estimate of drug-likeness (QED) is 0.551. The van der Waals surface area contributed by atoms with Gasteiger partial charge in [0.1, 0.15) is 6.04 Å². The topological polar surface area (TPSA) is 93.7 Å². The highest BCUT2D eigenvalue weighted by molar-refractivity contribution is 7.53. The summed E-state index contributed by atoms with van der Waals surface area (Å²) < 4.78 is 23.5. The van der Waals surface area contributed by atoms with E-state index in [0.29, 0.717) is 19.4 Å². The summed E-state index contributed by atoms with van der Waals surface area (Å²) in [6, 6.07) is -0.980. The molecule has 1 aliphatic heterocycles. The lowest BCUT2D eigenvalue weighted by molar-refractivity contribution is -0.122. The number of amides is 3. The molecule has 1 heterocycles. The van der Waals surface area contributed by atoms with Crippen LogP contribution in [0.25, 0.3) is 0 Å². The predicted molar refractivity (Wildman–Crippen MR) is 81.6 cm³/mol. The van der Waals surface area contributed by atoms with Crippen molar-refractivity contribution >= 4 is 19.5 Å². The molecule has 3 amide bonds. The van der Waals surface area contributed by atoms with Crippen LogP contribution in [0.1, 0.15) is 39.5 Å². The van der Waals surface area contributed by atoms with Gasteiger partial charge in [-0.15, -0.1) is 0 Å². The maximum absolute atomic E-state index is 12.8. The zero-order chi connectivity index (χ0) is 16.2. The highest BCUT2D eigenvalue weighted by Gasteiger charge is 2.43. The minimum atomic E-state index is -3.14. The molecular weight excluding hydrogens is 307 g/mol. The normalized spacial score (nSPS) is 29.3. The van der Waals surface area contributed by atoms with Gasteiger partial charge in [-0.2, -0.15) is 0 Å². The number of carbonyl (C=O) groups excluding carboxylic acids is 2. The smallest absolute Gasteiger partial charge is 0.326 e. The zero-order valence-electron chi connectivity index (χ0n) is 13.2. The summed E-state index contributed by atoms with van der Waals surface area (Å²) in [7, 11) is -3.14. The molecule has 2 fully saturated rings. The second-order valence-corrected chi connectivity index (χ2v) is 7.88. The number of rotatable bonds is 7. The predicted octanol–water partition coefficient (Wildman–Crippen LogP) is 2.27. The van der Waals surface area contributed by atoms with Crippen LogP contribution < -0.4 is 10.6 Å². The molecule has 8 heteroatoms. The Morgan fingerprint density at radius 2 is 1.77 bits per heavy atom. The highest BCUT2D eigenvalue weighted by Crippen LogP contribution is 2.52. The van der Waals surface area contributed by atoms with E-state index in [1.54, 1.807) is 13.8 Å². The lowest BCUT2D eigenvalue weighted by atomic mass is 9.76. The Morgan fingerprint density at radius 3 is 2.32 bits per heavy atom. The summed E-state index contributed by atoms with van der Waals surface area (Å²) in [5.74, 6) is -0.258. The van der Waals surface area contributed by atoms with Crippen molar-refractivity contribution < 1.29 is 23.2 Å². The van der Waals surface area contributed by atoms with Crippen molar-refractivity contribution in [1.29, 1.82) is 0 Å². The number of urea groups is 1. The van der Waals surface area contributed by atoms with Gasteiger partial charge in [0, 0.05) is 0 Å². The third-order valence-electron chi connectivity index (χ3n) is 4.31. The lowest BCUT2D eigenvalue weighted by Crippen LogP contribution is -2.43. The monoisotopic (exact) mass is 332 g/mol. The zero-order valence-corrected chi connectivity index (χ0v) is 14.1. The van der Waals surface area contributed by atoms with Crippen LogP contribution >= 0.6 is 7.60 Å². The van der Waals surface area contributed by atoms with E-state index in [9.17, 15) is 14.2 Å². The number of carbonyl (C=O) groups is 2. The van der Waals surface area contributed by atoms with Crippen molar-refractivity contribution in [3.8, 4) is 0 Å². The van der Waals surface area contributed by atoms with Gasteiger partial charge >= 0.3 is 13.6 Å². The van der Waals surface area contributed by atoms with Gasteiger partial charge in [-0.1, -0.05) is 12.8 Å². The second-order valence-electron chi connectivity index (χ2n) is 5.78. The lowest BCUT2D eigenvalue weighted by Gasteiger charge is -2.35. The first kappa shape index (κ1) is 17.4. The molecule has 1 saturated carbocycles. The van der Waals surface area contributed by atoms with E-state index in [1.165, 1.54) is 0 Å². The first-order chi connectivity index (χ1) is 10.5. The summed E-state index contributed by atoms with van der Waals surface area (Å²) in [6.45, 7) is 4.23. The van der Waals surface area contributed by atoms with E-state index in [0.717, 1.165) is 25.7 Å². The van der Waals surface area contributed by atoms with Gasteiger partial charge in [0.2, 0.25) is 0 Å². The van der Waals surface area contributed by atoms with Crippen molar-refractivity contribution in [2.45, 2.75) is 45.6 Å². The van der Waals surface area contributed by atoms with Crippen molar-refractivity contribution in [1.82, 2.24) is 10.6 Å². The fourth-order valence-corrected chi connectivity index (χ4v) is 5.56.